The Balaban J connectivity index is 2.82. The third kappa shape index (κ3) is 2.08. The molecule has 0 saturated heterocycles. The third-order valence-electron chi connectivity index (χ3n) is 1.39. The Labute approximate surface area is 83.7 Å². The highest BCUT2D eigenvalue weighted by Gasteiger charge is 2.14. The Kier molecular flexibility index (Phi) is 3.29. The molecule has 0 bridgehead atoms. The third-order valence-corrected chi connectivity index (χ3v) is 2.86. The quantitative estimate of drug-likeness (QED) is 0.608. The Bertz CT molecular complexity index is 280. The summed E-state index contributed by atoms with van der Waals surface area (Å²) in [5, 5.41) is 0.770. The van der Waals surface area contributed by atoms with E-state index in [9.17, 15) is 4.79 Å². The number of carbonyl (C=O) groups is 1. The van der Waals surface area contributed by atoms with Crippen LogP contribution < -0.4 is 4.74 Å². The van der Waals surface area contributed by atoms with Gasteiger partial charge in [-0.15, -0.1) is 0 Å². The van der Waals surface area contributed by atoms with Crippen LogP contribution in [0.1, 0.15) is 16.6 Å². The van der Waals surface area contributed by atoms with Crippen molar-refractivity contribution in [3.05, 3.63) is 17.0 Å². The normalized spacial score (nSPS) is 12.6. The molecule has 1 rings (SSSR count). The van der Waals surface area contributed by atoms with E-state index < -0.39 is 0 Å². The summed E-state index contributed by atoms with van der Waals surface area (Å²) < 4.78 is 4.98. The lowest BCUT2D eigenvalue weighted by atomic mass is 10.3. The van der Waals surface area contributed by atoms with Gasteiger partial charge in [-0.05, 0) is 19.1 Å². The smallest absolute Gasteiger partial charge is 0.186 e. The maximum atomic E-state index is 11.4. The predicted molar refractivity (Wildman–Crippen MR) is 53.6 cm³/mol. The highest BCUT2D eigenvalue weighted by molar-refractivity contribution is 9.10. The van der Waals surface area contributed by atoms with Crippen molar-refractivity contribution in [2.75, 3.05) is 7.11 Å². The molecule has 1 heterocycles. The van der Waals surface area contributed by atoms with Gasteiger partial charge in [0.05, 0.1) is 16.8 Å². The standard InChI is InChI=1S/C8H9BrO2S/c1-5(9)8(10)6-3-4-7(11-2)12-6/h3-5H,1-2H3. The van der Waals surface area contributed by atoms with E-state index in [1.54, 1.807) is 19.2 Å². The van der Waals surface area contributed by atoms with E-state index >= 15 is 0 Å². The lowest BCUT2D eigenvalue weighted by molar-refractivity contribution is 0.0999. The van der Waals surface area contributed by atoms with Crippen LogP contribution in [0.5, 0.6) is 5.06 Å². The van der Waals surface area contributed by atoms with Crippen LogP contribution in [-0.4, -0.2) is 17.7 Å². The van der Waals surface area contributed by atoms with Gasteiger partial charge in [-0.3, -0.25) is 4.79 Å². The summed E-state index contributed by atoms with van der Waals surface area (Å²) in [6, 6.07) is 3.58. The zero-order chi connectivity index (χ0) is 9.14. The van der Waals surface area contributed by atoms with Gasteiger partial charge in [0, 0.05) is 0 Å². The number of alkyl halides is 1. The molecule has 66 valence electrons. The molecule has 0 aliphatic heterocycles. The molecule has 0 amide bonds. The van der Waals surface area contributed by atoms with Crippen molar-refractivity contribution in [3.63, 3.8) is 0 Å². The van der Waals surface area contributed by atoms with Crippen molar-refractivity contribution in [1.29, 1.82) is 0 Å². The Morgan fingerprint density at radius 3 is 2.75 bits per heavy atom. The average Bonchev–Trinajstić information content (AvgIpc) is 2.50. The molecule has 0 saturated carbocycles. The maximum Gasteiger partial charge on any atom is 0.186 e. The molecule has 0 N–H and O–H groups in total. The molecule has 0 spiro atoms. The molecule has 0 aliphatic rings. The molecule has 0 radical (unpaired) electrons. The van der Waals surface area contributed by atoms with E-state index in [1.807, 2.05) is 6.92 Å². The van der Waals surface area contributed by atoms with E-state index in [1.165, 1.54) is 11.3 Å². The first-order chi connectivity index (χ1) is 5.65. The fourth-order valence-corrected chi connectivity index (χ4v) is 2.01. The van der Waals surface area contributed by atoms with Crippen LogP contribution >= 0.6 is 27.3 Å². The Morgan fingerprint density at radius 2 is 2.33 bits per heavy atom. The van der Waals surface area contributed by atoms with E-state index in [-0.39, 0.29) is 10.6 Å². The van der Waals surface area contributed by atoms with E-state index in [0.717, 1.165) is 9.94 Å². The first-order valence-electron chi connectivity index (χ1n) is 3.47. The van der Waals surface area contributed by atoms with Gasteiger partial charge in [0.25, 0.3) is 0 Å². The number of ether oxygens (including phenoxy) is 1. The number of ketones is 1. The van der Waals surface area contributed by atoms with E-state index in [2.05, 4.69) is 15.9 Å². The maximum absolute atomic E-state index is 11.4. The molecule has 4 heteroatoms. The number of thiophene rings is 1. The predicted octanol–water partition coefficient (Wildman–Crippen LogP) is 2.72. The molecule has 0 aliphatic carbocycles. The Morgan fingerprint density at radius 1 is 1.67 bits per heavy atom. The van der Waals surface area contributed by atoms with Crippen LogP contribution in [0.2, 0.25) is 0 Å². The van der Waals surface area contributed by atoms with Crippen LogP contribution in [0.4, 0.5) is 0 Å². The van der Waals surface area contributed by atoms with Crippen molar-refractivity contribution in [3.8, 4) is 5.06 Å². The van der Waals surface area contributed by atoms with Crippen LogP contribution in [0, 0.1) is 0 Å². The summed E-state index contributed by atoms with van der Waals surface area (Å²) in [7, 11) is 1.59. The summed E-state index contributed by atoms with van der Waals surface area (Å²) in [5.74, 6) is 0.100. The number of rotatable bonds is 3. The molecule has 1 aromatic heterocycles. The van der Waals surface area contributed by atoms with Crippen molar-refractivity contribution in [1.82, 2.24) is 0 Å². The van der Waals surface area contributed by atoms with Gasteiger partial charge in [0.15, 0.2) is 10.8 Å². The van der Waals surface area contributed by atoms with Crippen molar-refractivity contribution in [2.45, 2.75) is 11.8 Å². The molecular formula is C8H9BrO2S. The van der Waals surface area contributed by atoms with Crippen LogP contribution in [0.15, 0.2) is 12.1 Å². The van der Waals surface area contributed by atoms with Crippen LogP contribution in [0.3, 0.4) is 0 Å². The first kappa shape index (κ1) is 9.74. The second-order valence-electron chi connectivity index (χ2n) is 2.30. The van der Waals surface area contributed by atoms with Gasteiger partial charge < -0.3 is 4.74 Å². The number of methoxy groups -OCH3 is 1. The molecule has 12 heavy (non-hydrogen) atoms. The second kappa shape index (κ2) is 4.05. The summed E-state index contributed by atoms with van der Waals surface area (Å²) >= 11 is 4.59. The monoisotopic (exact) mass is 248 g/mol. The van der Waals surface area contributed by atoms with Crippen molar-refractivity contribution < 1.29 is 9.53 Å². The highest BCUT2D eigenvalue weighted by Crippen LogP contribution is 2.25. The fourth-order valence-electron chi connectivity index (χ4n) is 0.758. The number of hydrogen-bond acceptors (Lipinski definition) is 3. The van der Waals surface area contributed by atoms with Crippen LogP contribution in [0.25, 0.3) is 0 Å². The zero-order valence-electron chi connectivity index (χ0n) is 6.83. The molecule has 2 nitrogen and oxygen atoms in total. The second-order valence-corrected chi connectivity index (χ2v) is 4.72. The lowest BCUT2D eigenvalue weighted by Crippen LogP contribution is -2.07. The molecule has 1 atom stereocenters. The minimum atomic E-state index is -0.124. The fraction of sp³-hybridized carbons (Fsp3) is 0.375. The number of hydrogen-bond donors (Lipinski definition) is 0. The molecule has 0 aromatic carbocycles. The van der Waals surface area contributed by atoms with Crippen LogP contribution in [-0.2, 0) is 0 Å². The summed E-state index contributed by atoms with van der Waals surface area (Å²) in [6.45, 7) is 1.81. The SMILES string of the molecule is COc1ccc(C(=O)C(C)Br)s1. The molecule has 0 fully saturated rings. The van der Waals surface area contributed by atoms with Gasteiger partial charge >= 0.3 is 0 Å². The van der Waals surface area contributed by atoms with Gasteiger partial charge in [0.2, 0.25) is 0 Å². The first-order valence-corrected chi connectivity index (χ1v) is 5.20. The molecular weight excluding hydrogens is 240 g/mol. The highest BCUT2D eigenvalue weighted by atomic mass is 79.9. The number of Topliss-reactive ketones (excluding diaryl/α,β-unsaturated/α-hetero) is 1. The van der Waals surface area contributed by atoms with E-state index in [0.29, 0.717) is 0 Å². The minimum absolute atomic E-state index is 0.100. The number of halogens is 1. The zero-order valence-corrected chi connectivity index (χ0v) is 9.24. The van der Waals surface area contributed by atoms with Gasteiger partial charge in [-0.2, -0.15) is 0 Å². The van der Waals surface area contributed by atoms with Gasteiger partial charge in [0.1, 0.15) is 0 Å². The van der Waals surface area contributed by atoms with Gasteiger partial charge in [-0.25, -0.2) is 0 Å². The molecule has 1 unspecified atom stereocenters. The number of carbonyl (C=O) groups excluding carboxylic acids is 1. The topological polar surface area (TPSA) is 26.3 Å². The van der Waals surface area contributed by atoms with E-state index in [4.69, 9.17) is 4.74 Å². The summed E-state index contributed by atoms with van der Waals surface area (Å²) in [5.41, 5.74) is 0. The lowest BCUT2D eigenvalue weighted by Gasteiger charge is -1.97. The molecule has 1 aromatic rings. The van der Waals surface area contributed by atoms with Gasteiger partial charge in [-0.1, -0.05) is 27.3 Å². The summed E-state index contributed by atoms with van der Waals surface area (Å²) in [4.78, 5) is 12.0. The van der Waals surface area contributed by atoms with Crippen molar-refractivity contribution in [2.24, 2.45) is 0 Å². The largest absolute Gasteiger partial charge is 0.487 e. The summed E-state index contributed by atoms with van der Waals surface area (Å²) in [6.07, 6.45) is 0. The van der Waals surface area contributed by atoms with Crippen molar-refractivity contribution >= 4 is 33.0 Å². The average molecular weight is 249 g/mol. The minimum Gasteiger partial charge on any atom is -0.487 e. The Hall–Kier alpha value is -0.350.